The Morgan fingerprint density at radius 2 is 1.81 bits per heavy atom. The third-order valence-corrected chi connectivity index (χ3v) is 3.71. The van der Waals surface area contributed by atoms with E-state index in [1.165, 1.54) is 16.7 Å². The quantitative estimate of drug-likeness (QED) is 0.619. The number of ketones is 1. The highest BCUT2D eigenvalue weighted by Crippen LogP contribution is 2.17. The van der Waals surface area contributed by atoms with E-state index < -0.39 is 0 Å². The maximum absolute atomic E-state index is 12.2. The van der Waals surface area contributed by atoms with E-state index in [2.05, 4.69) is 38.0 Å². The number of rotatable bonds is 4. The zero-order valence-electron chi connectivity index (χ0n) is 13.3. The molecule has 2 aromatic rings. The van der Waals surface area contributed by atoms with Gasteiger partial charge in [-0.15, -0.1) is 0 Å². The molecule has 21 heavy (non-hydrogen) atoms. The van der Waals surface area contributed by atoms with Crippen molar-refractivity contribution in [1.29, 1.82) is 0 Å². The van der Waals surface area contributed by atoms with Gasteiger partial charge in [0.05, 0.1) is 11.8 Å². The summed E-state index contributed by atoms with van der Waals surface area (Å²) in [5.74, 6) is -0.0143. The van der Waals surface area contributed by atoms with Gasteiger partial charge in [-0.25, -0.2) is 0 Å². The molecule has 0 radical (unpaired) electrons. The Morgan fingerprint density at radius 3 is 2.43 bits per heavy atom. The molecule has 0 unspecified atom stereocenters. The third kappa shape index (κ3) is 3.48. The summed E-state index contributed by atoms with van der Waals surface area (Å²) in [6.45, 7) is 10.3. The molecular formula is C18H22N2O. The molecule has 0 aliphatic carbocycles. The van der Waals surface area contributed by atoms with Crippen LogP contribution in [0.25, 0.3) is 6.08 Å². The highest BCUT2D eigenvalue weighted by atomic mass is 16.1. The van der Waals surface area contributed by atoms with Gasteiger partial charge in [-0.2, -0.15) is 5.10 Å². The van der Waals surface area contributed by atoms with Gasteiger partial charge in [-0.05, 0) is 62.9 Å². The van der Waals surface area contributed by atoms with Gasteiger partial charge in [0.1, 0.15) is 0 Å². The molecule has 2 rings (SSSR count). The second kappa shape index (κ2) is 6.08. The molecule has 0 atom stereocenters. The van der Waals surface area contributed by atoms with Gasteiger partial charge in [0.25, 0.3) is 0 Å². The summed E-state index contributed by atoms with van der Waals surface area (Å²) in [6, 6.07) is 4.53. The molecule has 0 spiro atoms. The van der Waals surface area contributed by atoms with Crippen molar-refractivity contribution in [2.45, 2.75) is 40.7 Å². The highest BCUT2D eigenvalue weighted by Gasteiger charge is 2.07. The first-order valence-electron chi connectivity index (χ1n) is 7.23. The molecule has 110 valence electrons. The number of carbonyl (C=O) groups excluding carboxylic acids is 1. The van der Waals surface area contributed by atoms with Gasteiger partial charge in [0.15, 0.2) is 5.78 Å². The normalized spacial score (nSPS) is 11.5. The van der Waals surface area contributed by atoms with E-state index in [-0.39, 0.29) is 11.8 Å². The fraction of sp³-hybridized carbons (Fsp3) is 0.333. The molecule has 0 amide bonds. The monoisotopic (exact) mass is 282 g/mol. The standard InChI is InChI=1S/C18H22N2O/c1-12(2)20-11-17(10-19-20)18(21)7-6-16-9-14(4)13(3)8-15(16)5/h6-12H,1-5H3/b7-6+. The lowest BCUT2D eigenvalue weighted by Crippen LogP contribution is -2.00. The van der Waals surface area contributed by atoms with Crippen molar-refractivity contribution in [3.8, 4) is 0 Å². The number of benzene rings is 1. The van der Waals surface area contributed by atoms with E-state index in [1.807, 2.05) is 19.9 Å². The van der Waals surface area contributed by atoms with Gasteiger partial charge < -0.3 is 0 Å². The predicted octanol–water partition coefficient (Wildman–Crippen LogP) is 4.29. The summed E-state index contributed by atoms with van der Waals surface area (Å²) >= 11 is 0. The highest BCUT2D eigenvalue weighted by molar-refractivity contribution is 6.06. The Morgan fingerprint density at radius 1 is 1.14 bits per heavy atom. The summed E-state index contributed by atoms with van der Waals surface area (Å²) in [6.07, 6.45) is 6.93. The zero-order valence-corrected chi connectivity index (χ0v) is 13.3. The lowest BCUT2D eigenvalue weighted by Gasteiger charge is -2.05. The van der Waals surface area contributed by atoms with E-state index in [0.29, 0.717) is 5.56 Å². The van der Waals surface area contributed by atoms with Gasteiger partial charge in [0.2, 0.25) is 0 Å². The van der Waals surface area contributed by atoms with Crippen molar-refractivity contribution in [3.05, 3.63) is 58.4 Å². The number of carbonyl (C=O) groups is 1. The summed E-state index contributed by atoms with van der Waals surface area (Å²) in [5.41, 5.74) is 5.40. The molecule has 0 fully saturated rings. The molecule has 0 saturated carbocycles. The molecule has 1 heterocycles. The van der Waals surface area contributed by atoms with Crippen LogP contribution in [-0.2, 0) is 0 Å². The summed E-state index contributed by atoms with van der Waals surface area (Å²) < 4.78 is 1.79. The molecule has 1 aromatic carbocycles. The van der Waals surface area contributed by atoms with Crippen molar-refractivity contribution < 1.29 is 4.79 Å². The molecule has 1 aromatic heterocycles. The molecule has 3 nitrogen and oxygen atoms in total. The van der Waals surface area contributed by atoms with Crippen LogP contribution in [0.1, 0.15) is 52.5 Å². The Labute approximate surface area is 126 Å². The van der Waals surface area contributed by atoms with E-state index in [1.54, 1.807) is 23.2 Å². The second-order valence-corrected chi connectivity index (χ2v) is 5.79. The van der Waals surface area contributed by atoms with Crippen molar-refractivity contribution in [2.24, 2.45) is 0 Å². The fourth-order valence-corrected chi connectivity index (χ4v) is 2.17. The minimum Gasteiger partial charge on any atom is -0.289 e. The maximum Gasteiger partial charge on any atom is 0.189 e. The Kier molecular flexibility index (Phi) is 4.41. The van der Waals surface area contributed by atoms with Crippen LogP contribution in [0, 0.1) is 20.8 Å². The molecule has 0 aliphatic heterocycles. The number of aryl methyl sites for hydroxylation is 3. The topological polar surface area (TPSA) is 34.9 Å². The van der Waals surface area contributed by atoms with Crippen molar-refractivity contribution >= 4 is 11.9 Å². The summed E-state index contributed by atoms with van der Waals surface area (Å²) in [5, 5.41) is 4.20. The Hall–Kier alpha value is -2.16. The van der Waals surface area contributed by atoms with Crippen LogP contribution in [0.15, 0.2) is 30.6 Å². The van der Waals surface area contributed by atoms with Crippen LogP contribution in [0.3, 0.4) is 0 Å². The van der Waals surface area contributed by atoms with E-state index in [4.69, 9.17) is 0 Å². The molecular weight excluding hydrogens is 260 g/mol. The first kappa shape index (κ1) is 15.2. The first-order chi connectivity index (χ1) is 9.88. The predicted molar refractivity (Wildman–Crippen MR) is 86.6 cm³/mol. The van der Waals surface area contributed by atoms with Crippen molar-refractivity contribution in [1.82, 2.24) is 9.78 Å². The lowest BCUT2D eigenvalue weighted by atomic mass is 10.00. The van der Waals surface area contributed by atoms with Crippen LogP contribution >= 0.6 is 0 Å². The van der Waals surface area contributed by atoms with E-state index >= 15 is 0 Å². The SMILES string of the molecule is Cc1cc(C)c(/C=C/C(=O)c2cnn(C(C)C)c2)cc1C. The summed E-state index contributed by atoms with van der Waals surface area (Å²) in [7, 11) is 0. The average molecular weight is 282 g/mol. The minimum atomic E-state index is -0.0143. The summed E-state index contributed by atoms with van der Waals surface area (Å²) in [4.78, 5) is 12.2. The van der Waals surface area contributed by atoms with Gasteiger partial charge in [0, 0.05) is 12.2 Å². The average Bonchev–Trinajstić information content (AvgIpc) is 2.91. The number of nitrogens with zero attached hydrogens (tertiary/aromatic N) is 2. The molecule has 0 saturated heterocycles. The van der Waals surface area contributed by atoms with Gasteiger partial charge >= 0.3 is 0 Å². The largest absolute Gasteiger partial charge is 0.289 e. The molecule has 0 bridgehead atoms. The van der Waals surface area contributed by atoms with Crippen LogP contribution in [0.4, 0.5) is 0 Å². The third-order valence-electron chi connectivity index (χ3n) is 3.71. The van der Waals surface area contributed by atoms with Gasteiger partial charge in [-0.3, -0.25) is 9.48 Å². The number of aromatic nitrogens is 2. The molecule has 0 aliphatic rings. The van der Waals surface area contributed by atoms with E-state index in [0.717, 1.165) is 5.56 Å². The van der Waals surface area contributed by atoms with Gasteiger partial charge in [-0.1, -0.05) is 18.2 Å². The first-order valence-corrected chi connectivity index (χ1v) is 7.23. The van der Waals surface area contributed by atoms with Crippen LogP contribution in [0.2, 0.25) is 0 Å². The van der Waals surface area contributed by atoms with Crippen LogP contribution in [-0.4, -0.2) is 15.6 Å². The zero-order chi connectivity index (χ0) is 15.6. The lowest BCUT2D eigenvalue weighted by molar-refractivity contribution is 0.104. The molecule has 3 heteroatoms. The Balaban J connectivity index is 2.20. The minimum absolute atomic E-state index is 0.0143. The van der Waals surface area contributed by atoms with Crippen LogP contribution < -0.4 is 0 Å². The fourth-order valence-electron chi connectivity index (χ4n) is 2.17. The van der Waals surface area contributed by atoms with Crippen LogP contribution in [0.5, 0.6) is 0 Å². The number of allylic oxidation sites excluding steroid dienone is 1. The second-order valence-electron chi connectivity index (χ2n) is 5.79. The molecule has 0 N–H and O–H groups in total. The number of hydrogen-bond acceptors (Lipinski definition) is 2. The maximum atomic E-state index is 12.2. The van der Waals surface area contributed by atoms with Crippen molar-refractivity contribution in [2.75, 3.05) is 0 Å². The number of hydrogen-bond donors (Lipinski definition) is 0. The Bertz CT molecular complexity index is 693. The van der Waals surface area contributed by atoms with E-state index in [9.17, 15) is 4.79 Å². The smallest absolute Gasteiger partial charge is 0.189 e. The van der Waals surface area contributed by atoms with Crippen molar-refractivity contribution in [3.63, 3.8) is 0 Å².